The zero-order chi connectivity index (χ0) is 15.5. The van der Waals surface area contributed by atoms with Crippen molar-refractivity contribution in [2.75, 3.05) is 30.8 Å². The number of para-hydroxylation sites is 1. The maximum atomic E-state index is 11.8. The summed E-state index contributed by atoms with van der Waals surface area (Å²) in [6.07, 6.45) is 2.09. The van der Waals surface area contributed by atoms with Crippen LogP contribution in [0.5, 0.6) is 0 Å². The number of anilines is 1. The lowest BCUT2D eigenvalue weighted by molar-refractivity contribution is -0.120. The normalized spacial score (nSPS) is 20.3. The number of amides is 1. The monoisotopic (exact) mass is 310 g/mol. The third kappa shape index (κ3) is 4.20. The summed E-state index contributed by atoms with van der Waals surface area (Å²) in [6.45, 7) is 3.81. The molecule has 5 nitrogen and oxygen atoms in total. The van der Waals surface area contributed by atoms with Crippen LogP contribution in [0.3, 0.4) is 0 Å². The van der Waals surface area contributed by atoms with E-state index in [9.17, 15) is 13.2 Å². The first-order valence-corrected chi connectivity index (χ1v) is 9.10. The molecule has 0 radical (unpaired) electrons. The summed E-state index contributed by atoms with van der Waals surface area (Å²) >= 11 is 0. The topological polar surface area (TPSA) is 66.5 Å². The molecule has 1 aromatic rings. The van der Waals surface area contributed by atoms with Gasteiger partial charge in [-0.25, -0.2) is 8.42 Å². The highest BCUT2D eigenvalue weighted by molar-refractivity contribution is 7.92. The molecule has 1 aromatic carbocycles. The Kier molecular flexibility index (Phi) is 4.88. The Morgan fingerprint density at radius 1 is 1.38 bits per heavy atom. The fourth-order valence-electron chi connectivity index (χ4n) is 2.46. The van der Waals surface area contributed by atoms with Crippen LogP contribution in [0.1, 0.15) is 13.3 Å². The minimum Gasteiger partial charge on any atom is -0.371 e. The van der Waals surface area contributed by atoms with Crippen LogP contribution in [0.4, 0.5) is 5.69 Å². The molecule has 1 fully saturated rings. The van der Waals surface area contributed by atoms with E-state index in [1.54, 1.807) is 0 Å². The van der Waals surface area contributed by atoms with Gasteiger partial charge in [0, 0.05) is 31.6 Å². The van der Waals surface area contributed by atoms with E-state index >= 15 is 0 Å². The highest BCUT2D eigenvalue weighted by atomic mass is 32.2. The Bertz CT molecular complexity index is 586. The molecule has 1 aliphatic heterocycles. The van der Waals surface area contributed by atoms with E-state index in [2.05, 4.69) is 22.3 Å². The van der Waals surface area contributed by atoms with Gasteiger partial charge in [0.15, 0.2) is 9.84 Å². The Morgan fingerprint density at radius 3 is 2.67 bits per heavy atom. The molecule has 6 heteroatoms. The molecule has 116 valence electrons. The molecule has 0 bridgehead atoms. The van der Waals surface area contributed by atoms with E-state index < -0.39 is 21.0 Å². The van der Waals surface area contributed by atoms with Gasteiger partial charge in [-0.1, -0.05) is 18.2 Å². The van der Waals surface area contributed by atoms with Gasteiger partial charge in [-0.3, -0.25) is 4.79 Å². The van der Waals surface area contributed by atoms with Gasteiger partial charge < -0.3 is 10.2 Å². The van der Waals surface area contributed by atoms with Crippen molar-refractivity contribution >= 4 is 21.4 Å². The molecular weight excluding hydrogens is 288 g/mol. The van der Waals surface area contributed by atoms with Crippen molar-refractivity contribution in [3.05, 3.63) is 30.3 Å². The number of nitrogens with zero attached hydrogens (tertiary/aromatic N) is 1. The maximum absolute atomic E-state index is 11.8. The summed E-state index contributed by atoms with van der Waals surface area (Å²) in [6, 6.07) is 10.2. The number of carbonyl (C=O) groups is 1. The molecule has 21 heavy (non-hydrogen) atoms. The summed E-state index contributed by atoms with van der Waals surface area (Å²) < 4.78 is 22.7. The van der Waals surface area contributed by atoms with E-state index in [1.807, 2.05) is 18.2 Å². The number of nitrogens with one attached hydrogen (secondary N) is 1. The van der Waals surface area contributed by atoms with Gasteiger partial charge in [-0.15, -0.1) is 0 Å². The van der Waals surface area contributed by atoms with E-state index in [0.717, 1.165) is 25.8 Å². The molecule has 1 N–H and O–H groups in total. The minimum atomic E-state index is -3.32. The summed E-state index contributed by atoms with van der Waals surface area (Å²) in [5.74, 6) is -0.0448. The molecule has 0 aliphatic carbocycles. The zero-order valence-corrected chi connectivity index (χ0v) is 13.3. The number of rotatable bonds is 5. The second kappa shape index (κ2) is 6.47. The fourth-order valence-corrected chi connectivity index (χ4v) is 2.93. The molecular formula is C15H22N2O3S. The van der Waals surface area contributed by atoms with Gasteiger partial charge in [-0.05, 0) is 31.4 Å². The van der Waals surface area contributed by atoms with E-state index in [4.69, 9.17) is 0 Å². The van der Waals surface area contributed by atoms with Crippen molar-refractivity contribution in [3.8, 4) is 0 Å². The van der Waals surface area contributed by atoms with Crippen LogP contribution in [0.15, 0.2) is 30.3 Å². The first-order chi connectivity index (χ1) is 9.88. The van der Waals surface area contributed by atoms with E-state index in [0.29, 0.717) is 12.5 Å². The van der Waals surface area contributed by atoms with Crippen molar-refractivity contribution in [2.45, 2.75) is 18.6 Å². The van der Waals surface area contributed by atoms with E-state index in [-0.39, 0.29) is 0 Å². The minimum absolute atomic E-state index is 0.362. The standard InChI is InChI=1S/C15H22N2O3S/c1-12(21(2,19)20)15(18)16-10-13-8-9-17(11-13)14-6-4-3-5-7-14/h3-7,12-13H,8-11H2,1-2H3,(H,16,18)/t12-,13-/m1/s1. The van der Waals surface area contributed by atoms with Crippen molar-refractivity contribution in [3.63, 3.8) is 0 Å². The third-order valence-electron chi connectivity index (χ3n) is 3.98. The number of hydrogen-bond acceptors (Lipinski definition) is 4. The first kappa shape index (κ1) is 15.8. The van der Waals surface area contributed by atoms with Crippen LogP contribution < -0.4 is 10.2 Å². The zero-order valence-electron chi connectivity index (χ0n) is 12.5. The van der Waals surface area contributed by atoms with Crippen LogP contribution in [0, 0.1) is 5.92 Å². The van der Waals surface area contributed by atoms with Crippen LogP contribution in [0.25, 0.3) is 0 Å². The lowest BCUT2D eigenvalue weighted by atomic mass is 10.1. The van der Waals surface area contributed by atoms with Gasteiger partial charge in [0.25, 0.3) is 0 Å². The van der Waals surface area contributed by atoms with Crippen LogP contribution >= 0.6 is 0 Å². The summed E-state index contributed by atoms with van der Waals surface area (Å²) in [5.41, 5.74) is 1.19. The summed E-state index contributed by atoms with van der Waals surface area (Å²) in [7, 11) is -3.32. The average molecular weight is 310 g/mol. The molecule has 1 saturated heterocycles. The lowest BCUT2D eigenvalue weighted by Crippen LogP contribution is -2.40. The second-order valence-electron chi connectivity index (χ2n) is 5.65. The molecule has 0 unspecified atom stereocenters. The third-order valence-corrected chi connectivity index (χ3v) is 5.48. The summed E-state index contributed by atoms with van der Waals surface area (Å²) in [4.78, 5) is 14.1. The fraction of sp³-hybridized carbons (Fsp3) is 0.533. The highest BCUT2D eigenvalue weighted by Crippen LogP contribution is 2.22. The molecule has 0 spiro atoms. The van der Waals surface area contributed by atoms with Gasteiger partial charge >= 0.3 is 0 Å². The molecule has 1 aliphatic rings. The number of carbonyl (C=O) groups excluding carboxylic acids is 1. The number of benzene rings is 1. The largest absolute Gasteiger partial charge is 0.371 e. The van der Waals surface area contributed by atoms with Crippen LogP contribution in [-0.4, -0.2) is 45.5 Å². The molecule has 2 rings (SSSR count). The average Bonchev–Trinajstić information content (AvgIpc) is 2.93. The molecule has 1 heterocycles. The predicted octanol–water partition coefficient (Wildman–Crippen LogP) is 1.06. The maximum Gasteiger partial charge on any atom is 0.238 e. The SMILES string of the molecule is C[C@H](C(=O)NC[C@H]1CCN(c2ccccc2)C1)S(C)(=O)=O. The first-order valence-electron chi connectivity index (χ1n) is 7.14. The lowest BCUT2D eigenvalue weighted by Gasteiger charge is -2.19. The predicted molar refractivity (Wildman–Crippen MR) is 84.1 cm³/mol. The van der Waals surface area contributed by atoms with Crippen molar-refractivity contribution in [1.82, 2.24) is 5.32 Å². The number of hydrogen-bond donors (Lipinski definition) is 1. The highest BCUT2D eigenvalue weighted by Gasteiger charge is 2.26. The smallest absolute Gasteiger partial charge is 0.238 e. The quantitative estimate of drug-likeness (QED) is 0.883. The molecule has 2 atom stereocenters. The van der Waals surface area contributed by atoms with Crippen LogP contribution in [0.2, 0.25) is 0 Å². The van der Waals surface area contributed by atoms with Crippen molar-refractivity contribution in [1.29, 1.82) is 0 Å². The molecule has 0 saturated carbocycles. The van der Waals surface area contributed by atoms with Gasteiger partial charge in [0.2, 0.25) is 5.91 Å². The Hall–Kier alpha value is -1.56. The summed E-state index contributed by atoms with van der Waals surface area (Å²) in [5, 5.41) is 1.78. The van der Waals surface area contributed by atoms with Gasteiger partial charge in [-0.2, -0.15) is 0 Å². The van der Waals surface area contributed by atoms with Crippen LogP contribution in [-0.2, 0) is 14.6 Å². The number of sulfone groups is 1. The van der Waals surface area contributed by atoms with Crippen molar-refractivity contribution < 1.29 is 13.2 Å². The Labute approximate surface area is 126 Å². The molecule has 1 amide bonds. The van der Waals surface area contributed by atoms with E-state index in [1.165, 1.54) is 12.6 Å². The second-order valence-corrected chi connectivity index (χ2v) is 8.02. The van der Waals surface area contributed by atoms with Gasteiger partial charge in [0.05, 0.1) is 0 Å². The van der Waals surface area contributed by atoms with Crippen molar-refractivity contribution in [2.24, 2.45) is 5.92 Å². The Balaban J connectivity index is 1.83. The van der Waals surface area contributed by atoms with Gasteiger partial charge in [0.1, 0.15) is 5.25 Å². The Morgan fingerprint density at radius 2 is 2.05 bits per heavy atom. The molecule has 0 aromatic heterocycles.